The lowest BCUT2D eigenvalue weighted by Crippen LogP contribution is -2.36. The summed E-state index contributed by atoms with van der Waals surface area (Å²) in [4.78, 5) is 14.8. The molecule has 1 fully saturated rings. The van der Waals surface area contributed by atoms with Crippen molar-refractivity contribution >= 4 is 23.4 Å². The molecule has 1 amide bonds. The van der Waals surface area contributed by atoms with E-state index in [9.17, 15) is 13.6 Å². The Morgan fingerprint density at radius 2 is 1.94 bits per heavy atom. The molecule has 7 heteroatoms. The van der Waals surface area contributed by atoms with Crippen LogP contribution in [0.4, 0.5) is 19.3 Å². The molecule has 0 spiro atoms. The number of rotatable bonds is 9. The third-order valence-corrected chi connectivity index (χ3v) is 6.19. The van der Waals surface area contributed by atoms with Gasteiger partial charge in [0.25, 0.3) is 0 Å². The van der Waals surface area contributed by atoms with E-state index in [0.29, 0.717) is 29.3 Å². The quantitative estimate of drug-likeness (QED) is 0.323. The highest BCUT2D eigenvalue weighted by Crippen LogP contribution is 2.31. The van der Waals surface area contributed by atoms with E-state index in [-0.39, 0.29) is 5.02 Å². The fourth-order valence-electron chi connectivity index (χ4n) is 3.98. The maximum Gasteiger partial charge on any atom is 0.411 e. The Kier molecular flexibility index (Phi) is 9.53. The molecule has 1 aliphatic heterocycles. The SMILES string of the molecule is C#CCCCCCN1CCC(COC(=O)Nc2ccc(F)cc2-c2ccc(F)c(Cl)c2)CC1. The fourth-order valence-corrected chi connectivity index (χ4v) is 4.16. The van der Waals surface area contributed by atoms with Gasteiger partial charge in [-0.05, 0) is 87.1 Å². The number of benzene rings is 2. The van der Waals surface area contributed by atoms with Crippen molar-refractivity contribution in [2.45, 2.75) is 38.5 Å². The van der Waals surface area contributed by atoms with Crippen molar-refractivity contribution < 1.29 is 18.3 Å². The van der Waals surface area contributed by atoms with Crippen LogP contribution < -0.4 is 5.32 Å². The molecule has 0 unspecified atom stereocenters. The number of likely N-dealkylation sites (tertiary alicyclic amines) is 1. The molecule has 1 heterocycles. The second-order valence-corrected chi connectivity index (χ2v) is 8.75. The maximum absolute atomic E-state index is 13.8. The zero-order chi connectivity index (χ0) is 23.6. The van der Waals surface area contributed by atoms with E-state index in [1.165, 1.54) is 36.4 Å². The van der Waals surface area contributed by atoms with Crippen LogP contribution in [-0.2, 0) is 4.74 Å². The van der Waals surface area contributed by atoms with Crippen LogP contribution in [0.15, 0.2) is 36.4 Å². The first-order valence-corrected chi connectivity index (χ1v) is 11.7. The van der Waals surface area contributed by atoms with Gasteiger partial charge in [0.2, 0.25) is 0 Å². The minimum atomic E-state index is -0.605. The Morgan fingerprint density at radius 3 is 2.67 bits per heavy atom. The monoisotopic (exact) mass is 474 g/mol. The van der Waals surface area contributed by atoms with Crippen molar-refractivity contribution in [1.82, 2.24) is 4.90 Å². The van der Waals surface area contributed by atoms with Gasteiger partial charge in [0.1, 0.15) is 11.6 Å². The number of hydrogen-bond acceptors (Lipinski definition) is 3. The third-order valence-electron chi connectivity index (χ3n) is 5.90. The zero-order valence-corrected chi connectivity index (χ0v) is 19.3. The molecule has 4 nitrogen and oxygen atoms in total. The van der Waals surface area contributed by atoms with Crippen molar-refractivity contribution in [3.63, 3.8) is 0 Å². The first-order chi connectivity index (χ1) is 16.0. The lowest BCUT2D eigenvalue weighted by atomic mass is 9.97. The number of unbranched alkanes of at least 4 members (excludes halogenated alkanes) is 3. The van der Waals surface area contributed by atoms with Crippen LogP contribution in [-0.4, -0.2) is 37.2 Å². The second-order valence-electron chi connectivity index (χ2n) is 8.34. The molecule has 0 bridgehead atoms. The lowest BCUT2D eigenvalue weighted by molar-refractivity contribution is 0.104. The molecular formula is C26H29ClF2N2O2. The average Bonchev–Trinajstić information content (AvgIpc) is 2.81. The predicted octanol–water partition coefficient (Wildman–Crippen LogP) is 6.74. The number of ether oxygens (including phenoxy) is 1. The van der Waals surface area contributed by atoms with Crippen molar-refractivity contribution in [2.24, 2.45) is 5.92 Å². The second kappa shape index (κ2) is 12.6. The number of carbonyl (C=O) groups is 1. The molecule has 176 valence electrons. The Labute approximate surface area is 199 Å². The maximum atomic E-state index is 13.8. The Balaban J connectivity index is 1.47. The average molecular weight is 475 g/mol. The number of hydrogen-bond donors (Lipinski definition) is 1. The van der Waals surface area contributed by atoms with Gasteiger partial charge in [0.05, 0.1) is 17.3 Å². The van der Waals surface area contributed by atoms with Crippen molar-refractivity contribution in [1.29, 1.82) is 0 Å². The van der Waals surface area contributed by atoms with Gasteiger partial charge in [-0.2, -0.15) is 0 Å². The highest BCUT2D eigenvalue weighted by molar-refractivity contribution is 6.31. The highest BCUT2D eigenvalue weighted by Gasteiger charge is 2.20. The van der Waals surface area contributed by atoms with Crippen molar-refractivity contribution in [2.75, 3.05) is 31.6 Å². The van der Waals surface area contributed by atoms with E-state index in [1.54, 1.807) is 0 Å². The number of anilines is 1. The van der Waals surface area contributed by atoms with Gasteiger partial charge in [-0.3, -0.25) is 5.32 Å². The molecule has 33 heavy (non-hydrogen) atoms. The summed E-state index contributed by atoms with van der Waals surface area (Å²) < 4.78 is 32.8. The Morgan fingerprint density at radius 1 is 1.15 bits per heavy atom. The number of piperidine rings is 1. The van der Waals surface area contributed by atoms with Crippen LogP contribution in [0.3, 0.4) is 0 Å². The minimum absolute atomic E-state index is 0.0794. The van der Waals surface area contributed by atoms with Crippen LogP contribution in [0.5, 0.6) is 0 Å². The molecule has 0 saturated carbocycles. The molecule has 1 saturated heterocycles. The number of halogens is 3. The largest absolute Gasteiger partial charge is 0.449 e. The van der Waals surface area contributed by atoms with E-state index in [0.717, 1.165) is 58.2 Å². The van der Waals surface area contributed by atoms with Crippen LogP contribution in [0.25, 0.3) is 11.1 Å². The van der Waals surface area contributed by atoms with Gasteiger partial charge in [-0.1, -0.05) is 24.1 Å². The van der Waals surface area contributed by atoms with Gasteiger partial charge >= 0.3 is 6.09 Å². The standard InChI is InChI=1S/C26H29ClF2N2O2/c1-2-3-4-5-6-13-31-14-11-19(12-15-31)18-33-26(32)30-25-10-8-21(28)17-22(25)20-7-9-24(29)23(27)16-20/h1,7-10,16-17,19H,3-6,11-15,18H2,(H,30,32). The summed E-state index contributed by atoms with van der Waals surface area (Å²) >= 11 is 5.86. The topological polar surface area (TPSA) is 41.6 Å². The number of amides is 1. The van der Waals surface area contributed by atoms with Gasteiger partial charge in [0.15, 0.2) is 0 Å². The van der Waals surface area contributed by atoms with Crippen molar-refractivity contribution in [3.8, 4) is 23.5 Å². The van der Waals surface area contributed by atoms with Gasteiger partial charge in [0, 0.05) is 12.0 Å². The van der Waals surface area contributed by atoms with E-state index in [1.807, 2.05) is 0 Å². The van der Waals surface area contributed by atoms with Crippen LogP contribution >= 0.6 is 11.6 Å². The molecule has 1 aliphatic rings. The number of carbonyl (C=O) groups excluding carboxylic acids is 1. The fraction of sp³-hybridized carbons (Fsp3) is 0.423. The van der Waals surface area contributed by atoms with Gasteiger partial charge in [-0.25, -0.2) is 13.6 Å². The molecular weight excluding hydrogens is 446 g/mol. The number of terminal acetylenes is 1. The molecule has 3 rings (SSSR count). The Hall–Kier alpha value is -2.62. The first kappa shape index (κ1) is 25.0. The van der Waals surface area contributed by atoms with Crippen LogP contribution in [0.1, 0.15) is 38.5 Å². The van der Waals surface area contributed by atoms with E-state index in [2.05, 4.69) is 16.1 Å². The molecule has 2 aromatic carbocycles. The lowest BCUT2D eigenvalue weighted by Gasteiger charge is -2.31. The normalized spacial score (nSPS) is 14.6. The number of nitrogens with zero attached hydrogens (tertiary/aromatic N) is 1. The number of nitrogens with one attached hydrogen (secondary N) is 1. The van der Waals surface area contributed by atoms with Gasteiger partial charge in [-0.15, -0.1) is 12.3 Å². The van der Waals surface area contributed by atoms with Crippen LogP contribution in [0.2, 0.25) is 5.02 Å². The smallest absolute Gasteiger partial charge is 0.411 e. The molecule has 0 aromatic heterocycles. The zero-order valence-electron chi connectivity index (χ0n) is 18.6. The summed E-state index contributed by atoms with van der Waals surface area (Å²) in [5.74, 6) is 1.94. The minimum Gasteiger partial charge on any atom is -0.449 e. The van der Waals surface area contributed by atoms with E-state index < -0.39 is 17.7 Å². The molecule has 1 N–H and O–H groups in total. The molecule has 0 atom stereocenters. The molecule has 0 aliphatic carbocycles. The summed E-state index contributed by atoms with van der Waals surface area (Å²) in [6.07, 6.45) is 10.9. The third kappa shape index (κ3) is 7.73. The van der Waals surface area contributed by atoms with Crippen molar-refractivity contribution in [3.05, 3.63) is 53.1 Å². The highest BCUT2D eigenvalue weighted by atomic mass is 35.5. The first-order valence-electron chi connectivity index (χ1n) is 11.3. The predicted molar refractivity (Wildman–Crippen MR) is 128 cm³/mol. The molecule has 0 radical (unpaired) electrons. The van der Waals surface area contributed by atoms with E-state index in [4.69, 9.17) is 22.8 Å². The summed E-state index contributed by atoms with van der Waals surface area (Å²) in [6.45, 7) is 3.41. The van der Waals surface area contributed by atoms with Crippen LogP contribution in [0, 0.1) is 29.9 Å². The summed E-state index contributed by atoms with van der Waals surface area (Å²) in [5, 5.41) is 2.59. The van der Waals surface area contributed by atoms with Gasteiger partial charge < -0.3 is 9.64 Å². The summed E-state index contributed by atoms with van der Waals surface area (Å²) in [7, 11) is 0. The summed E-state index contributed by atoms with van der Waals surface area (Å²) in [5.41, 5.74) is 1.25. The summed E-state index contributed by atoms with van der Waals surface area (Å²) in [6, 6.07) is 8.04. The van der Waals surface area contributed by atoms with E-state index >= 15 is 0 Å². The molecule has 2 aromatic rings. The Bertz CT molecular complexity index is 985.